The fourth-order valence-electron chi connectivity index (χ4n) is 0.562. The topological polar surface area (TPSA) is 49.3 Å². The summed E-state index contributed by atoms with van der Waals surface area (Å²) >= 11 is 0. The standard InChI is InChI=1S/C9H19NO2/c1-8(2,3)6-10-7(11)9(4,5)12/h12H,6H2,1-5H3,(H,10,11). The molecule has 0 aromatic heterocycles. The lowest BCUT2D eigenvalue weighted by Gasteiger charge is -2.22. The summed E-state index contributed by atoms with van der Waals surface area (Å²) < 4.78 is 0. The summed E-state index contributed by atoms with van der Waals surface area (Å²) in [6.45, 7) is 9.61. The molecule has 0 spiro atoms. The highest BCUT2D eigenvalue weighted by molar-refractivity contribution is 5.83. The Morgan fingerprint density at radius 3 is 1.92 bits per heavy atom. The fraction of sp³-hybridized carbons (Fsp3) is 0.889. The van der Waals surface area contributed by atoms with Crippen molar-refractivity contribution < 1.29 is 9.90 Å². The molecule has 72 valence electrons. The first-order valence-electron chi connectivity index (χ1n) is 4.13. The summed E-state index contributed by atoms with van der Waals surface area (Å²) in [7, 11) is 0. The van der Waals surface area contributed by atoms with Gasteiger partial charge in [-0.1, -0.05) is 20.8 Å². The maximum absolute atomic E-state index is 11.2. The van der Waals surface area contributed by atoms with E-state index in [1.54, 1.807) is 0 Å². The van der Waals surface area contributed by atoms with E-state index in [4.69, 9.17) is 0 Å². The van der Waals surface area contributed by atoms with Gasteiger partial charge in [-0.15, -0.1) is 0 Å². The average Bonchev–Trinajstić information content (AvgIpc) is 1.78. The van der Waals surface area contributed by atoms with Crippen LogP contribution in [0.1, 0.15) is 34.6 Å². The van der Waals surface area contributed by atoms with Crippen molar-refractivity contribution in [3.8, 4) is 0 Å². The van der Waals surface area contributed by atoms with Gasteiger partial charge >= 0.3 is 0 Å². The van der Waals surface area contributed by atoms with Crippen LogP contribution in [0.3, 0.4) is 0 Å². The Morgan fingerprint density at radius 2 is 1.67 bits per heavy atom. The van der Waals surface area contributed by atoms with Crippen molar-refractivity contribution in [1.29, 1.82) is 0 Å². The van der Waals surface area contributed by atoms with Crippen LogP contribution in [-0.2, 0) is 4.79 Å². The zero-order valence-corrected chi connectivity index (χ0v) is 8.56. The van der Waals surface area contributed by atoms with Gasteiger partial charge in [-0.3, -0.25) is 4.79 Å². The number of nitrogens with one attached hydrogen (secondary N) is 1. The minimum absolute atomic E-state index is 0.0565. The van der Waals surface area contributed by atoms with E-state index in [-0.39, 0.29) is 11.3 Å². The van der Waals surface area contributed by atoms with E-state index >= 15 is 0 Å². The largest absolute Gasteiger partial charge is 0.381 e. The molecule has 0 aliphatic carbocycles. The van der Waals surface area contributed by atoms with Crippen LogP contribution < -0.4 is 5.32 Å². The van der Waals surface area contributed by atoms with Crippen LogP contribution in [0.25, 0.3) is 0 Å². The van der Waals surface area contributed by atoms with Gasteiger partial charge < -0.3 is 10.4 Å². The van der Waals surface area contributed by atoms with Gasteiger partial charge in [-0.2, -0.15) is 0 Å². The summed E-state index contributed by atoms with van der Waals surface area (Å²) in [6, 6.07) is 0. The molecule has 0 radical (unpaired) electrons. The van der Waals surface area contributed by atoms with Gasteiger partial charge in [-0.25, -0.2) is 0 Å². The van der Waals surface area contributed by atoms with Gasteiger partial charge in [-0.05, 0) is 19.3 Å². The molecule has 0 aromatic rings. The SMILES string of the molecule is CC(C)(C)CNC(=O)C(C)(C)O. The van der Waals surface area contributed by atoms with E-state index in [1.807, 2.05) is 20.8 Å². The molecule has 12 heavy (non-hydrogen) atoms. The van der Waals surface area contributed by atoms with Crippen LogP contribution in [0, 0.1) is 5.41 Å². The zero-order valence-electron chi connectivity index (χ0n) is 8.56. The second-order valence-corrected chi connectivity index (χ2v) is 4.80. The maximum Gasteiger partial charge on any atom is 0.251 e. The number of rotatable bonds is 2. The molecule has 0 aliphatic rings. The van der Waals surface area contributed by atoms with Crippen molar-refractivity contribution in [2.45, 2.75) is 40.2 Å². The molecule has 1 amide bonds. The number of aliphatic hydroxyl groups is 1. The lowest BCUT2D eigenvalue weighted by Crippen LogP contribution is -2.44. The third-order valence-electron chi connectivity index (χ3n) is 1.33. The summed E-state index contributed by atoms with van der Waals surface area (Å²) in [5.41, 5.74) is -1.22. The van der Waals surface area contributed by atoms with Crippen molar-refractivity contribution in [2.75, 3.05) is 6.54 Å². The normalized spacial score (nSPS) is 12.8. The Balaban J connectivity index is 3.90. The van der Waals surface area contributed by atoms with Gasteiger partial charge in [0.1, 0.15) is 5.60 Å². The predicted molar refractivity (Wildman–Crippen MR) is 48.8 cm³/mol. The molecule has 0 aromatic carbocycles. The molecule has 0 aliphatic heterocycles. The molecule has 0 atom stereocenters. The molecule has 2 N–H and O–H groups in total. The van der Waals surface area contributed by atoms with E-state index in [0.29, 0.717) is 6.54 Å². The van der Waals surface area contributed by atoms with Crippen molar-refractivity contribution in [3.05, 3.63) is 0 Å². The number of hydrogen-bond donors (Lipinski definition) is 2. The van der Waals surface area contributed by atoms with Gasteiger partial charge in [0.05, 0.1) is 0 Å². The quantitative estimate of drug-likeness (QED) is 0.652. The van der Waals surface area contributed by atoms with Crippen LogP contribution in [0.15, 0.2) is 0 Å². The smallest absolute Gasteiger partial charge is 0.251 e. The van der Waals surface area contributed by atoms with Crippen molar-refractivity contribution in [2.24, 2.45) is 5.41 Å². The molecule has 0 rings (SSSR count). The first-order valence-corrected chi connectivity index (χ1v) is 4.13. The van der Waals surface area contributed by atoms with Gasteiger partial charge in [0.25, 0.3) is 5.91 Å². The van der Waals surface area contributed by atoms with E-state index in [9.17, 15) is 9.90 Å². The third kappa shape index (κ3) is 5.13. The van der Waals surface area contributed by atoms with Crippen molar-refractivity contribution >= 4 is 5.91 Å². The van der Waals surface area contributed by atoms with E-state index in [2.05, 4.69) is 5.32 Å². The summed E-state index contributed by atoms with van der Waals surface area (Å²) in [5.74, 6) is -0.322. The lowest BCUT2D eigenvalue weighted by atomic mass is 9.96. The molecule has 0 saturated carbocycles. The minimum Gasteiger partial charge on any atom is -0.381 e. The van der Waals surface area contributed by atoms with E-state index in [1.165, 1.54) is 13.8 Å². The van der Waals surface area contributed by atoms with Crippen LogP contribution in [-0.4, -0.2) is 23.2 Å². The van der Waals surface area contributed by atoms with Gasteiger partial charge in [0, 0.05) is 6.54 Å². The number of carbonyl (C=O) groups excluding carboxylic acids is 1. The molecular formula is C9H19NO2. The van der Waals surface area contributed by atoms with E-state index < -0.39 is 5.60 Å². The highest BCUT2D eigenvalue weighted by Gasteiger charge is 2.24. The first-order chi connectivity index (χ1) is 5.13. The third-order valence-corrected chi connectivity index (χ3v) is 1.33. The van der Waals surface area contributed by atoms with Crippen LogP contribution >= 0.6 is 0 Å². The van der Waals surface area contributed by atoms with Crippen LogP contribution in [0.5, 0.6) is 0 Å². The Labute approximate surface area is 74.2 Å². The van der Waals surface area contributed by atoms with E-state index in [0.717, 1.165) is 0 Å². The zero-order chi connectivity index (χ0) is 9.99. The lowest BCUT2D eigenvalue weighted by molar-refractivity contribution is -0.136. The highest BCUT2D eigenvalue weighted by Crippen LogP contribution is 2.11. The van der Waals surface area contributed by atoms with Crippen LogP contribution in [0.4, 0.5) is 0 Å². The predicted octanol–water partition coefficient (Wildman–Crippen LogP) is 0.920. The average molecular weight is 173 g/mol. The monoisotopic (exact) mass is 173 g/mol. The molecule has 3 heteroatoms. The van der Waals surface area contributed by atoms with Crippen LogP contribution in [0.2, 0.25) is 0 Å². The second-order valence-electron chi connectivity index (χ2n) is 4.80. The van der Waals surface area contributed by atoms with Gasteiger partial charge in [0.2, 0.25) is 0 Å². The molecule has 0 bridgehead atoms. The Morgan fingerprint density at radius 1 is 1.25 bits per heavy atom. The Hall–Kier alpha value is -0.570. The maximum atomic E-state index is 11.2. The molecule has 0 saturated heterocycles. The minimum atomic E-state index is -1.27. The molecule has 0 heterocycles. The molecule has 3 nitrogen and oxygen atoms in total. The summed E-state index contributed by atoms with van der Waals surface area (Å²) in [4.78, 5) is 11.2. The number of hydrogen-bond acceptors (Lipinski definition) is 2. The summed E-state index contributed by atoms with van der Waals surface area (Å²) in [5, 5.41) is 11.9. The summed E-state index contributed by atoms with van der Waals surface area (Å²) in [6.07, 6.45) is 0. The molecule has 0 unspecified atom stereocenters. The Kier molecular flexibility index (Phi) is 3.27. The number of carbonyl (C=O) groups is 1. The molecule has 0 fully saturated rings. The Bertz CT molecular complexity index is 162. The first kappa shape index (κ1) is 11.4. The van der Waals surface area contributed by atoms with Crippen molar-refractivity contribution in [3.63, 3.8) is 0 Å². The molecular weight excluding hydrogens is 154 g/mol. The van der Waals surface area contributed by atoms with Gasteiger partial charge in [0.15, 0.2) is 0 Å². The number of amides is 1. The second kappa shape index (κ2) is 3.44. The fourth-order valence-corrected chi connectivity index (χ4v) is 0.562. The highest BCUT2D eigenvalue weighted by atomic mass is 16.3. The van der Waals surface area contributed by atoms with Crippen molar-refractivity contribution in [1.82, 2.24) is 5.32 Å².